The van der Waals surface area contributed by atoms with E-state index in [1.807, 2.05) is 19.9 Å². The predicted octanol–water partition coefficient (Wildman–Crippen LogP) is 1.98. The maximum Gasteiger partial charge on any atom is 0.331 e. The highest BCUT2D eigenvalue weighted by Crippen LogP contribution is 2.23. The van der Waals surface area contributed by atoms with E-state index in [-0.39, 0.29) is 0 Å². The second-order valence-corrected chi connectivity index (χ2v) is 3.01. The molecule has 0 amide bonds. The fraction of sp³-hybridized carbons (Fsp3) is 0.444. The maximum atomic E-state index is 10.5. The van der Waals surface area contributed by atoms with Gasteiger partial charge in [0.25, 0.3) is 0 Å². The summed E-state index contributed by atoms with van der Waals surface area (Å²) >= 11 is 0. The van der Waals surface area contributed by atoms with Crippen molar-refractivity contribution in [2.75, 3.05) is 0 Å². The Morgan fingerprint density at radius 1 is 1.64 bits per heavy atom. The molecule has 1 rings (SSSR count). The SMILES string of the molecule is CC1=CC=C(C(=O)O)CC1C. The van der Waals surface area contributed by atoms with Crippen LogP contribution in [0.4, 0.5) is 0 Å². The van der Waals surface area contributed by atoms with Gasteiger partial charge in [0.1, 0.15) is 0 Å². The molecule has 0 aromatic heterocycles. The summed E-state index contributed by atoms with van der Waals surface area (Å²) < 4.78 is 0. The fourth-order valence-electron chi connectivity index (χ4n) is 1.11. The molecule has 1 aliphatic rings. The Hall–Kier alpha value is -1.05. The van der Waals surface area contributed by atoms with Crippen LogP contribution >= 0.6 is 0 Å². The van der Waals surface area contributed by atoms with Crippen molar-refractivity contribution in [2.45, 2.75) is 20.3 Å². The Morgan fingerprint density at radius 2 is 2.27 bits per heavy atom. The summed E-state index contributed by atoms with van der Waals surface area (Å²) in [6, 6.07) is 0. The van der Waals surface area contributed by atoms with Gasteiger partial charge in [-0.3, -0.25) is 0 Å². The van der Waals surface area contributed by atoms with Gasteiger partial charge in [0.05, 0.1) is 0 Å². The first-order chi connectivity index (χ1) is 5.11. The summed E-state index contributed by atoms with van der Waals surface area (Å²) in [5, 5.41) is 8.64. The van der Waals surface area contributed by atoms with Crippen molar-refractivity contribution in [3.8, 4) is 0 Å². The molecule has 1 N–H and O–H groups in total. The van der Waals surface area contributed by atoms with Crippen LogP contribution in [0.1, 0.15) is 20.3 Å². The highest BCUT2D eigenvalue weighted by molar-refractivity contribution is 5.87. The molecule has 60 valence electrons. The minimum atomic E-state index is -0.791. The molecule has 0 aromatic carbocycles. The third kappa shape index (κ3) is 1.70. The Balaban J connectivity index is 2.82. The van der Waals surface area contributed by atoms with Crippen LogP contribution in [0.5, 0.6) is 0 Å². The van der Waals surface area contributed by atoms with Crippen LogP contribution in [0.3, 0.4) is 0 Å². The van der Waals surface area contributed by atoms with Crippen molar-refractivity contribution in [3.05, 3.63) is 23.3 Å². The molecule has 1 atom stereocenters. The van der Waals surface area contributed by atoms with E-state index in [1.165, 1.54) is 5.57 Å². The van der Waals surface area contributed by atoms with E-state index < -0.39 is 5.97 Å². The lowest BCUT2D eigenvalue weighted by Gasteiger charge is -2.15. The molecule has 1 unspecified atom stereocenters. The smallest absolute Gasteiger partial charge is 0.331 e. The summed E-state index contributed by atoms with van der Waals surface area (Å²) in [5.74, 6) is -0.410. The minimum Gasteiger partial charge on any atom is -0.478 e. The molecule has 2 nitrogen and oxygen atoms in total. The number of allylic oxidation sites excluding steroid dienone is 3. The van der Waals surface area contributed by atoms with Crippen molar-refractivity contribution in [1.82, 2.24) is 0 Å². The lowest BCUT2D eigenvalue weighted by Crippen LogP contribution is -2.09. The number of carbonyl (C=O) groups is 1. The molecule has 0 fully saturated rings. The molecule has 11 heavy (non-hydrogen) atoms. The standard InChI is InChI=1S/C9H12O2/c1-6-3-4-8(9(10)11)5-7(6)2/h3-4,7H,5H2,1-2H3,(H,10,11). The minimum absolute atomic E-state index is 0.381. The quantitative estimate of drug-likeness (QED) is 0.623. The Bertz CT molecular complexity index is 236. The van der Waals surface area contributed by atoms with E-state index in [4.69, 9.17) is 5.11 Å². The largest absolute Gasteiger partial charge is 0.478 e. The van der Waals surface area contributed by atoms with Crippen LogP contribution in [-0.2, 0) is 4.79 Å². The maximum absolute atomic E-state index is 10.5. The van der Waals surface area contributed by atoms with Gasteiger partial charge < -0.3 is 5.11 Å². The van der Waals surface area contributed by atoms with Crippen LogP contribution in [0, 0.1) is 5.92 Å². The first-order valence-electron chi connectivity index (χ1n) is 3.72. The highest BCUT2D eigenvalue weighted by Gasteiger charge is 2.15. The molecule has 0 spiro atoms. The lowest BCUT2D eigenvalue weighted by molar-refractivity contribution is -0.132. The highest BCUT2D eigenvalue weighted by atomic mass is 16.4. The van der Waals surface area contributed by atoms with Gasteiger partial charge in [0.2, 0.25) is 0 Å². The summed E-state index contributed by atoms with van der Waals surface area (Å²) in [6.45, 7) is 4.07. The van der Waals surface area contributed by atoms with E-state index in [1.54, 1.807) is 6.08 Å². The summed E-state index contributed by atoms with van der Waals surface area (Å²) in [7, 11) is 0. The van der Waals surface area contributed by atoms with E-state index in [2.05, 4.69) is 0 Å². The van der Waals surface area contributed by atoms with Crippen molar-refractivity contribution < 1.29 is 9.90 Å². The molecule has 0 bridgehead atoms. The van der Waals surface area contributed by atoms with Crippen molar-refractivity contribution in [2.24, 2.45) is 5.92 Å². The molecule has 0 saturated carbocycles. The zero-order chi connectivity index (χ0) is 8.43. The molecule has 0 aliphatic heterocycles. The molecule has 0 heterocycles. The average molecular weight is 152 g/mol. The molecule has 0 aromatic rings. The molecule has 0 saturated heterocycles. The van der Waals surface area contributed by atoms with E-state index in [0.717, 1.165) is 0 Å². The predicted molar refractivity (Wildman–Crippen MR) is 43.3 cm³/mol. The topological polar surface area (TPSA) is 37.3 Å². The van der Waals surface area contributed by atoms with Gasteiger partial charge in [-0.25, -0.2) is 4.79 Å². The van der Waals surface area contributed by atoms with Gasteiger partial charge in [-0.1, -0.05) is 24.6 Å². The van der Waals surface area contributed by atoms with Crippen LogP contribution in [0.2, 0.25) is 0 Å². The number of carboxylic acids is 1. The molecular weight excluding hydrogens is 140 g/mol. The van der Waals surface area contributed by atoms with Gasteiger partial charge >= 0.3 is 5.97 Å². The first kappa shape index (κ1) is 8.05. The second-order valence-electron chi connectivity index (χ2n) is 3.01. The van der Waals surface area contributed by atoms with Crippen molar-refractivity contribution >= 4 is 5.97 Å². The average Bonchev–Trinajstić information content (AvgIpc) is 1.94. The Labute approximate surface area is 66.2 Å². The molecule has 0 radical (unpaired) electrons. The first-order valence-corrected chi connectivity index (χ1v) is 3.72. The monoisotopic (exact) mass is 152 g/mol. The van der Waals surface area contributed by atoms with Crippen molar-refractivity contribution in [3.63, 3.8) is 0 Å². The van der Waals surface area contributed by atoms with E-state index >= 15 is 0 Å². The number of aliphatic carboxylic acids is 1. The Morgan fingerprint density at radius 3 is 2.73 bits per heavy atom. The van der Waals surface area contributed by atoms with E-state index in [0.29, 0.717) is 17.9 Å². The number of hydrogen-bond donors (Lipinski definition) is 1. The number of carboxylic acid groups (broad SMARTS) is 1. The van der Waals surface area contributed by atoms with Gasteiger partial charge in [0, 0.05) is 5.57 Å². The van der Waals surface area contributed by atoms with Gasteiger partial charge in [-0.2, -0.15) is 0 Å². The second kappa shape index (κ2) is 2.91. The third-order valence-electron chi connectivity index (χ3n) is 2.13. The third-order valence-corrected chi connectivity index (χ3v) is 2.13. The fourth-order valence-corrected chi connectivity index (χ4v) is 1.11. The van der Waals surface area contributed by atoms with Gasteiger partial charge in [-0.05, 0) is 19.3 Å². The lowest BCUT2D eigenvalue weighted by atomic mass is 9.90. The number of rotatable bonds is 1. The van der Waals surface area contributed by atoms with E-state index in [9.17, 15) is 4.79 Å². The van der Waals surface area contributed by atoms with Gasteiger partial charge in [0.15, 0.2) is 0 Å². The van der Waals surface area contributed by atoms with Crippen LogP contribution in [-0.4, -0.2) is 11.1 Å². The molecule has 2 heteroatoms. The summed E-state index contributed by atoms with van der Waals surface area (Å²) in [4.78, 5) is 10.5. The summed E-state index contributed by atoms with van der Waals surface area (Å²) in [6.07, 6.45) is 4.24. The van der Waals surface area contributed by atoms with Crippen LogP contribution in [0.25, 0.3) is 0 Å². The molecular formula is C9H12O2. The zero-order valence-electron chi connectivity index (χ0n) is 6.79. The van der Waals surface area contributed by atoms with Gasteiger partial charge in [-0.15, -0.1) is 0 Å². The summed E-state index contributed by atoms with van der Waals surface area (Å²) in [5.41, 5.74) is 1.78. The zero-order valence-corrected chi connectivity index (χ0v) is 6.79. The van der Waals surface area contributed by atoms with Crippen LogP contribution < -0.4 is 0 Å². The van der Waals surface area contributed by atoms with Crippen molar-refractivity contribution in [1.29, 1.82) is 0 Å². The number of hydrogen-bond acceptors (Lipinski definition) is 1. The van der Waals surface area contributed by atoms with Crippen LogP contribution in [0.15, 0.2) is 23.3 Å². The Kier molecular flexibility index (Phi) is 2.13. The molecule has 1 aliphatic carbocycles. The normalized spacial score (nSPS) is 24.0.